The molecule has 4 rings (SSSR count). The van der Waals surface area contributed by atoms with Crippen LogP contribution in [-0.4, -0.2) is 68.6 Å². The van der Waals surface area contributed by atoms with Gasteiger partial charge in [-0.25, -0.2) is 0 Å². The summed E-state index contributed by atoms with van der Waals surface area (Å²) in [5, 5.41) is 44.3. The lowest BCUT2D eigenvalue weighted by molar-refractivity contribution is -0.147. The Morgan fingerprint density at radius 1 is 1.24 bits per heavy atom. The molecule has 10 nitrogen and oxygen atoms in total. The Morgan fingerprint density at radius 3 is 2.50 bits per heavy atom. The molecule has 0 bridgehead atoms. The minimum absolute atomic E-state index is 0.0305. The van der Waals surface area contributed by atoms with E-state index in [1.54, 1.807) is 0 Å². The number of primary amides is 1. The van der Waals surface area contributed by atoms with Crippen molar-refractivity contribution in [1.82, 2.24) is 4.90 Å². The van der Waals surface area contributed by atoms with Crippen molar-refractivity contribution in [2.45, 2.75) is 58.6 Å². The highest BCUT2D eigenvalue weighted by atomic mass is 16.5. The van der Waals surface area contributed by atoms with Crippen LogP contribution in [0.2, 0.25) is 0 Å². The summed E-state index contributed by atoms with van der Waals surface area (Å²) in [6, 6.07) is 1.51. The van der Waals surface area contributed by atoms with Gasteiger partial charge in [0.2, 0.25) is 5.78 Å². The molecule has 6 N–H and O–H groups in total. The van der Waals surface area contributed by atoms with Gasteiger partial charge in [0.05, 0.1) is 12.7 Å². The van der Waals surface area contributed by atoms with Crippen LogP contribution in [-0.2, 0) is 27.3 Å². The first-order chi connectivity index (χ1) is 17.9. The number of ketones is 2. The van der Waals surface area contributed by atoms with E-state index in [9.17, 15) is 34.8 Å². The number of carbonyl (C=O) groups is 3. The Bertz CT molecular complexity index is 1260. The third-order valence-electron chi connectivity index (χ3n) is 8.16. The fourth-order valence-corrected chi connectivity index (χ4v) is 6.14. The molecular formula is C28H36N2O8. The minimum atomic E-state index is -2.58. The summed E-state index contributed by atoms with van der Waals surface area (Å²) in [6.07, 6.45) is 0.932. The molecule has 1 aromatic rings. The normalized spacial score (nSPS) is 25.0. The van der Waals surface area contributed by atoms with Crippen LogP contribution >= 0.6 is 0 Å². The van der Waals surface area contributed by atoms with Crippen molar-refractivity contribution in [3.63, 3.8) is 0 Å². The Balaban J connectivity index is 1.81. The maximum atomic E-state index is 13.6. The highest BCUT2D eigenvalue weighted by Gasteiger charge is 2.60. The van der Waals surface area contributed by atoms with Gasteiger partial charge in [-0.2, -0.15) is 0 Å². The van der Waals surface area contributed by atoms with E-state index in [2.05, 4.69) is 25.7 Å². The van der Waals surface area contributed by atoms with E-state index in [0.717, 1.165) is 25.1 Å². The molecule has 1 unspecified atom stereocenters. The number of nitrogens with two attached hydrogens (primary N) is 1. The summed E-state index contributed by atoms with van der Waals surface area (Å²) < 4.78 is 5.77. The van der Waals surface area contributed by atoms with Gasteiger partial charge in [-0.15, -0.1) is 0 Å². The number of benzene rings is 1. The largest absolute Gasteiger partial charge is 0.508 e. The zero-order chi connectivity index (χ0) is 28.1. The van der Waals surface area contributed by atoms with Crippen LogP contribution in [0.1, 0.15) is 56.7 Å². The second kappa shape index (κ2) is 10.1. The number of Topliss-reactive ketones (excluding diaryl/α,β-unsaturated/α-hetero) is 2. The van der Waals surface area contributed by atoms with Gasteiger partial charge in [-0.05, 0) is 50.3 Å². The topological polar surface area (TPSA) is 171 Å². The van der Waals surface area contributed by atoms with Crippen LogP contribution in [0.3, 0.4) is 0 Å². The molecule has 3 aliphatic rings. The van der Waals surface area contributed by atoms with E-state index >= 15 is 0 Å². The van der Waals surface area contributed by atoms with Gasteiger partial charge in [-0.1, -0.05) is 20.8 Å². The molecule has 38 heavy (non-hydrogen) atoms. The van der Waals surface area contributed by atoms with Crippen LogP contribution in [0.25, 0.3) is 5.76 Å². The predicted molar refractivity (Wildman–Crippen MR) is 138 cm³/mol. The van der Waals surface area contributed by atoms with Gasteiger partial charge in [0.15, 0.2) is 11.4 Å². The quantitative estimate of drug-likeness (QED) is 0.318. The Kier molecular flexibility index (Phi) is 7.33. The number of amides is 1. The molecule has 0 aromatic heterocycles. The second-order valence-corrected chi connectivity index (χ2v) is 10.9. The zero-order valence-corrected chi connectivity index (χ0v) is 22.2. The molecule has 0 aliphatic heterocycles. The number of fused-ring (bicyclic) bond motifs is 3. The molecule has 3 atom stereocenters. The van der Waals surface area contributed by atoms with Crippen molar-refractivity contribution in [3.05, 3.63) is 39.7 Å². The third kappa shape index (κ3) is 4.25. The zero-order valence-electron chi connectivity index (χ0n) is 22.2. The maximum Gasteiger partial charge on any atom is 0.255 e. The summed E-state index contributed by atoms with van der Waals surface area (Å²) in [4.78, 5) is 40.2. The van der Waals surface area contributed by atoms with Crippen molar-refractivity contribution in [2.24, 2.45) is 23.5 Å². The number of aliphatic hydroxyl groups is 3. The first kappa shape index (κ1) is 27.7. The van der Waals surface area contributed by atoms with E-state index in [-0.39, 0.29) is 36.1 Å². The van der Waals surface area contributed by atoms with Gasteiger partial charge in [-0.3, -0.25) is 19.3 Å². The fourth-order valence-electron chi connectivity index (χ4n) is 6.14. The molecule has 1 aromatic carbocycles. The number of methoxy groups -OCH3 is 1. The third-order valence-corrected chi connectivity index (χ3v) is 8.16. The van der Waals surface area contributed by atoms with E-state index in [0.29, 0.717) is 23.8 Å². The van der Waals surface area contributed by atoms with Gasteiger partial charge >= 0.3 is 0 Å². The van der Waals surface area contributed by atoms with Crippen molar-refractivity contribution < 1.29 is 39.5 Å². The standard InChI is InChI=1S/C28H36N2O8/c1-5-30(7-6-13(2)3)12-15-10-18(31)21-17(24(15)38-4)9-14-8-16-11-19(32)22(27(29)36)26(35)28(16,37)25(34)20(14)23(21)33/h10,13-14,16,31,33,35,37H,5-9,11-12H2,1-4H3,(H2,29,36)/t14?,16-,28-/m0/s1. The number of aromatic hydroxyl groups is 1. The average molecular weight is 529 g/mol. The number of hydrogen-bond acceptors (Lipinski definition) is 9. The number of aliphatic hydroxyl groups excluding tert-OH is 2. The summed E-state index contributed by atoms with van der Waals surface area (Å²) >= 11 is 0. The minimum Gasteiger partial charge on any atom is -0.508 e. The SMILES string of the molecule is CCN(CCC(C)C)Cc1cc(O)c2c(c1OC)CC1C[C@H]3CC(=O)C(C(N)=O)=C(O)[C@@]3(O)C(=O)C1=C2O. The van der Waals surface area contributed by atoms with Gasteiger partial charge < -0.3 is 30.9 Å². The fraction of sp³-hybridized carbons (Fsp3) is 0.536. The Labute approximate surface area is 221 Å². The van der Waals surface area contributed by atoms with Crippen LogP contribution in [0.15, 0.2) is 23.0 Å². The van der Waals surface area contributed by atoms with Crippen molar-refractivity contribution >= 4 is 23.2 Å². The molecule has 10 heteroatoms. The molecule has 0 spiro atoms. The summed E-state index contributed by atoms with van der Waals surface area (Å²) in [6.45, 7) is 8.53. The lowest BCUT2D eigenvalue weighted by Crippen LogP contribution is -2.58. The molecule has 0 heterocycles. The van der Waals surface area contributed by atoms with Gasteiger partial charge in [0.1, 0.15) is 28.6 Å². The van der Waals surface area contributed by atoms with Crippen molar-refractivity contribution in [3.8, 4) is 11.5 Å². The van der Waals surface area contributed by atoms with Gasteiger partial charge in [0.25, 0.3) is 5.91 Å². The molecule has 1 fully saturated rings. The van der Waals surface area contributed by atoms with Crippen molar-refractivity contribution in [1.29, 1.82) is 0 Å². The molecule has 0 radical (unpaired) electrons. The number of phenolic OH excluding ortho intramolecular Hbond substituents is 1. The number of hydrogen-bond donors (Lipinski definition) is 5. The van der Waals surface area contributed by atoms with E-state index in [4.69, 9.17) is 10.5 Å². The lowest BCUT2D eigenvalue weighted by Gasteiger charge is -2.46. The monoisotopic (exact) mass is 528 g/mol. The second-order valence-electron chi connectivity index (χ2n) is 10.9. The van der Waals surface area contributed by atoms with Crippen LogP contribution in [0.4, 0.5) is 0 Å². The lowest BCUT2D eigenvalue weighted by atomic mass is 9.59. The maximum absolute atomic E-state index is 13.6. The predicted octanol–water partition coefficient (Wildman–Crippen LogP) is 2.30. The van der Waals surface area contributed by atoms with E-state index in [1.807, 2.05) is 0 Å². The Hall–Kier alpha value is -3.37. The number of rotatable bonds is 8. The molecule has 1 amide bonds. The summed E-state index contributed by atoms with van der Waals surface area (Å²) in [7, 11) is 1.51. The van der Waals surface area contributed by atoms with E-state index in [1.165, 1.54) is 13.2 Å². The van der Waals surface area contributed by atoms with Crippen molar-refractivity contribution in [2.75, 3.05) is 20.2 Å². The van der Waals surface area contributed by atoms with Crippen LogP contribution < -0.4 is 10.5 Å². The Morgan fingerprint density at radius 2 is 1.92 bits per heavy atom. The molecule has 206 valence electrons. The number of ether oxygens (including phenoxy) is 1. The first-order valence-electron chi connectivity index (χ1n) is 13.0. The van der Waals surface area contributed by atoms with E-state index < -0.39 is 52.0 Å². The molecule has 3 aliphatic carbocycles. The molecule has 1 saturated carbocycles. The van der Waals surface area contributed by atoms with Crippen LogP contribution in [0, 0.1) is 17.8 Å². The smallest absolute Gasteiger partial charge is 0.255 e. The molecule has 0 saturated heterocycles. The first-order valence-corrected chi connectivity index (χ1v) is 13.0. The molecular weight excluding hydrogens is 492 g/mol. The number of phenols is 1. The highest BCUT2D eigenvalue weighted by molar-refractivity contribution is 6.22. The summed E-state index contributed by atoms with van der Waals surface area (Å²) in [5.74, 6) is -5.44. The average Bonchev–Trinajstić information content (AvgIpc) is 2.83. The number of nitrogens with zero attached hydrogens (tertiary/aromatic N) is 1. The van der Waals surface area contributed by atoms with Gasteiger partial charge in [0, 0.05) is 35.6 Å². The highest BCUT2D eigenvalue weighted by Crippen LogP contribution is 2.53. The van der Waals surface area contributed by atoms with Crippen LogP contribution in [0.5, 0.6) is 11.5 Å². The number of carbonyl (C=O) groups excluding carboxylic acids is 3. The summed E-state index contributed by atoms with van der Waals surface area (Å²) in [5.41, 5.74) is 2.98.